The molecule has 0 radical (unpaired) electrons. The molecule has 2 aromatic carbocycles. The topological polar surface area (TPSA) is 97.4 Å². The fourth-order valence-corrected chi connectivity index (χ4v) is 3.56. The number of fused-ring (bicyclic) bond motifs is 1. The lowest BCUT2D eigenvalue weighted by atomic mass is 10.1. The van der Waals surface area contributed by atoms with Crippen molar-refractivity contribution < 1.29 is 14.3 Å². The normalized spacial score (nSPS) is 15.4. The van der Waals surface area contributed by atoms with Gasteiger partial charge in [-0.15, -0.1) is 6.42 Å². The van der Waals surface area contributed by atoms with Gasteiger partial charge in [-0.25, -0.2) is 9.97 Å². The van der Waals surface area contributed by atoms with Crippen molar-refractivity contribution in [2.45, 2.75) is 19.4 Å². The Labute approximate surface area is 198 Å². The number of nitrogens with one attached hydrogen (secondary N) is 3. The zero-order chi connectivity index (χ0) is 23.8. The average Bonchev–Trinajstić information content (AvgIpc) is 3.36. The quantitative estimate of drug-likeness (QED) is 0.256. The Morgan fingerprint density at radius 1 is 1.32 bits per heavy atom. The SMILES string of the molecule is C#Cc1cccc(Nc2ncnc3cc(OC4CCOC4)c(NC(=O)/C=C/CNCC)cc23)c1. The molecule has 1 saturated heterocycles. The minimum atomic E-state index is -0.252. The van der Waals surface area contributed by atoms with Gasteiger partial charge < -0.3 is 25.4 Å². The first-order valence-electron chi connectivity index (χ1n) is 11.2. The van der Waals surface area contributed by atoms with Gasteiger partial charge in [0.05, 0.1) is 24.4 Å². The maximum atomic E-state index is 12.6. The van der Waals surface area contributed by atoms with Crippen molar-refractivity contribution in [2.75, 3.05) is 36.9 Å². The molecule has 1 aliphatic rings. The molecular formula is C26H27N5O3. The summed E-state index contributed by atoms with van der Waals surface area (Å²) in [4.78, 5) is 21.4. The van der Waals surface area contributed by atoms with E-state index < -0.39 is 0 Å². The van der Waals surface area contributed by atoms with Gasteiger partial charge in [0.25, 0.3) is 0 Å². The Balaban J connectivity index is 1.67. The highest BCUT2D eigenvalue weighted by atomic mass is 16.5. The molecule has 174 valence electrons. The summed E-state index contributed by atoms with van der Waals surface area (Å²) in [5.41, 5.74) is 2.78. The summed E-state index contributed by atoms with van der Waals surface area (Å²) < 4.78 is 11.6. The van der Waals surface area contributed by atoms with Crippen molar-refractivity contribution in [3.05, 3.63) is 60.4 Å². The van der Waals surface area contributed by atoms with Gasteiger partial charge in [-0.05, 0) is 30.8 Å². The zero-order valence-electron chi connectivity index (χ0n) is 19.0. The first kappa shape index (κ1) is 23.2. The van der Waals surface area contributed by atoms with Gasteiger partial charge in [-0.3, -0.25) is 4.79 Å². The summed E-state index contributed by atoms with van der Waals surface area (Å²) in [5, 5.41) is 10.1. The fourth-order valence-electron chi connectivity index (χ4n) is 3.56. The Morgan fingerprint density at radius 2 is 2.24 bits per heavy atom. The highest BCUT2D eigenvalue weighted by molar-refractivity contribution is 6.03. The molecule has 1 atom stereocenters. The van der Waals surface area contributed by atoms with E-state index in [9.17, 15) is 4.79 Å². The van der Waals surface area contributed by atoms with Crippen LogP contribution in [0.25, 0.3) is 10.9 Å². The molecule has 8 nitrogen and oxygen atoms in total. The van der Waals surface area contributed by atoms with Gasteiger partial charge in [-0.2, -0.15) is 0 Å². The molecule has 0 spiro atoms. The fraction of sp³-hybridized carbons (Fsp3) is 0.269. The predicted molar refractivity (Wildman–Crippen MR) is 133 cm³/mol. The number of carbonyl (C=O) groups is 1. The van der Waals surface area contributed by atoms with Gasteiger partial charge in [0, 0.05) is 41.7 Å². The van der Waals surface area contributed by atoms with E-state index in [0.717, 1.165) is 29.6 Å². The minimum absolute atomic E-state index is 0.0802. The van der Waals surface area contributed by atoms with Crippen LogP contribution in [0.5, 0.6) is 5.75 Å². The highest BCUT2D eigenvalue weighted by Crippen LogP contribution is 2.34. The van der Waals surface area contributed by atoms with E-state index in [0.29, 0.717) is 42.5 Å². The summed E-state index contributed by atoms with van der Waals surface area (Å²) in [5.74, 6) is 3.51. The maximum Gasteiger partial charge on any atom is 0.248 e. The number of ether oxygens (including phenoxy) is 2. The second-order valence-electron chi connectivity index (χ2n) is 7.74. The minimum Gasteiger partial charge on any atom is -0.486 e. The molecule has 0 saturated carbocycles. The number of hydrogen-bond donors (Lipinski definition) is 3. The van der Waals surface area contributed by atoms with Crippen LogP contribution >= 0.6 is 0 Å². The lowest BCUT2D eigenvalue weighted by Crippen LogP contribution is -2.18. The summed E-state index contributed by atoms with van der Waals surface area (Å²) in [7, 11) is 0. The van der Waals surface area contributed by atoms with Crippen LogP contribution in [0.1, 0.15) is 18.9 Å². The van der Waals surface area contributed by atoms with Crippen LogP contribution in [0.3, 0.4) is 0 Å². The summed E-state index contributed by atoms with van der Waals surface area (Å²) in [6, 6.07) is 11.1. The summed E-state index contributed by atoms with van der Waals surface area (Å²) >= 11 is 0. The van der Waals surface area contributed by atoms with Crippen molar-refractivity contribution in [3.63, 3.8) is 0 Å². The third-order valence-corrected chi connectivity index (χ3v) is 5.25. The summed E-state index contributed by atoms with van der Waals surface area (Å²) in [6.45, 7) is 4.62. The van der Waals surface area contributed by atoms with Crippen LogP contribution < -0.4 is 20.7 Å². The molecule has 2 heterocycles. The van der Waals surface area contributed by atoms with Crippen molar-refractivity contribution in [3.8, 4) is 18.1 Å². The van der Waals surface area contributed by atoms with Crippen LogP contribution in [0, 0.1) is 12.3 Å². The number of nitrogens with zero attached hydrogens (tertiary/aromatic N) is 2. The third-order valence-electron chi connectivity index (χ3n) is 5.25. The number of rotatable bonds is 9. The molecule has 1 aromatic heterocycles. The molecule has 1 aliphatic heterocycles. The lowest BCUT2D eigenvalue weighted by molar-refractivity contribution is -0.111. The van der Waals surface area contributed by atoms with Crippen molar-refractivity contribution in [2.24, 2.45) is 0 Å². The van der Waals surface area contributed by atoms with Crippen LogP contribution in [-0.4, -0.2) is 48.3 Å². The number of carbonyl (C=O) groups excluding carboxylic acids is 1. The molecule has 8 heteroatoms. The molecule has 1 unspecified atom stereocenters. The van der Waals surface area contributed by atoms with Crippen LogP contribution in [0.2, 0.25) is 0 Å². The number of amides is 1. The van der Waals surface area contributed by atoms with Crippen LogP contribution in [-0.2, 0) is 9.53 Å². The highest BCUT2D eigenvalue weighted by Gasteiger charge is 2.20. The van der Waals surface area contributed by atoms with Gasteiger partial charge in [0.1, 0.15) is 24.0 Å². The van der Waals surface area contributed by atoms with Crippen molar-refractivity contribution >= 4 is 34.0 Å². The molecule has 3 aromatic rings. The lowest BCUT2D eigenvalue weighted by Gasteiger charge is -2.17. The number of aromatic nitrogens is 2. The number of hydrogen-bond acceptors (Lipinski definition) is 7. The van der Waals surface area contributed by atoms with Crippen molar-refractivity contribution in [1.82, 2.24) is 15.3 Å². The Hall–Kier alpha value is -3.93. The molecule has 0 aliphatic carbocycles. The van der Waals surface area contributed by atoms with E-state index in [1.54, 1.807) is 6.08 Å². The molecule has 1 fully saturated rings. The smallest absolute Gasteiger partial charge is 0.248 e. The molecule has 3 N–H and O–H groups in total. The van der Waals surface area contributed by atoms with Crippen LogP contribution in [0.15, 0.2) is 54.9 Å². The van der Waals surface area contributed by atoms with E-state index in [4.69, 9.17) is 15.9 Å². The van der Waals surface area contributed by atoms with E-state index in [1.165, 1.54) is 12.4 Å². The maximum absolute atomic E-state index is 12.6. The molecule has 34 heavy (non-hydrogen) atoms. The monoisotopic (exact) mass is 457 g/mol. The van der Waals surface area contributed by atoms with Gasteiger partial charge >= 0.3 is 0 Å². The zero-order valence-corrected chi connectivity index (χ0v) is 19.0. The van der Waals surface area contributed by atoms with Gasteiger partial charge in [0.15, 0.2) is 0 Å². The predicted octanol–water partition coefficient (Wildman–Crippen LogP) is 3.63. The Bertz CT molecular complexity index is 1230. The molecular weight excluding hydrogens is 430 g/mol. The molecule has 0 bridgehead atoms. The van der Waals surface area contributed by atoms with E-state index in [1.807, 2.05) is 43.3 Å². The first-order chi connectivity index (χ1) is 16.7. The van der Waals surface area contributed by atoms with Crippen molar-refractivity contribution in [1.29, 1.82) is 0 Å². The van der Waals surface area contributed by atoms with E-state index >= 15 is 0 Å². The van der Waals surface area contributed by atoms with Gasteiger partial charge in [0.2, 0.25) is 5.91 Å². The second-order valence-corrected chi connectivity index (χ2v) is 7.74. The van der Waals surface area contributed by atoms with E-state index in [2.05, 4.69) is 31.8 Å². The third kappa shape index (κ3) is 5.90. The molecule has 4 rings (SSSR count). The standard InChI is InChI=1S/C26H27N5O3/c1-3-18-7-5-8-19(13-18)30-26-21-14-23(31-25(32)9-6-11-27-4-2)24(15-22(21)28-17-29-26)34-20-10-12-33-16-20/h1,5-9,13-15,17,20,27H,4,10-12,16H2,2H3,(H,31,32)(H,28,29,30)/b9-6+. The molecule has 1 amide bonds. The largest absolute Gasteiger partial charge is 0.486 e. The number of likely N-dealkylation sites (N-methyl/N-ethyl adjacent to an activating group) is 1. The van der Waals surface area contributed by atoms with Crippen LogP contribution in [0.4, 0.5) is 17.2 Å². The summed E-state index contributed by atoms with van der Waals surface area (Å²) in [6.07, 6.45) is 11.0. The number of terminal acetylenes is 1. The van der Waals surface area contributed by atoms with E-state index in [-0.39, 0.29) is 12.0 Å². The average molecular weight is 458 g/mol. The Morgan fingerprint density at radius 3 is 3.03 bits per heavy atom. The van der Waals surface area contributed by atoms with Gasteiger partial charge in [-0.1, -0.05) is 25.0 Å². The Kier molecular flexibility index (Phi) is 7.71. The first-order valence-corrected chi connectivity index (χ1v) is 11.2. The number of anilines is 3. The second kappa shape index (κ2) is 11.3. The number of benzene rings is 2.